The Morgan fingerprint density at radius 1 is 1.27 bits per heavy atom. The minimum atomic E-state index is -0.592. The average molecular weight is 434 g/mol. The first-order chi connectivity index (χ1) is 12.3. The predicted molar refractivity (Wildman–Crippen MR) is 116 cm³/mol. The minimum Gasteiger partial charge on any atom is -0.511 e. The number of carbonyl (C=O) groups is 1. The summed E-state index contributed by atoms with van der Waals surface area (Å²) in [5, 5.41) is 14.9. The number of ketones is 1. The van der Waals surface area contributed by atoms with Crippen LogP contribution < -0.4 is 0 Å². The molecule has 0 aromatic carbocycles. The topological polar surface area (TPSA) is 68.1 Å². The first kappa shape index (κ1) is 21.7. The highest BCUT2D eigenvalue weighted by Crippen LogP contribution is 2.44. The van der Waals surface area contributed by atoms with Crippen LogP contribution in [0.5, 0.6) is 0 Å². The Hall–Kier alpha value is -0.640. The van der Waals surface area contributed by atoms with Gasteiger partial charge in [-0.05, 0) is 24.8 Å². The van der Waals surface area contributed by atoms with Crippen molar-refractivity contribution < 1.29 is 19.5 Å². The summed E-state index contributed by atoms with van der Waals surface area (Å²) >= 11 is 17.5. The fourth-order valence-corrected chi connectivity index (χ4v) is 4.53. The quantitative estimate of drug-likeness (QED) is 0.244. The molecule has 0 aromatic rings. The molecule has 5 nitrogen and oxygen atoms in total. The van der Waals surface area contributed by atoms with Crippen LogP contribution in [0, 0.1) is 5.92 Å². The van der Waals surface area contributed by atoms with Gasteiger partial charge in [-0.3, -0.25) is 4.79 Å². The number of aliphatic hydroxyl groups excluding tert-OH is 1. The Balaban J connectivity index is 2.38. The molecule has 0 bridgehead atoms. The summed E-state index contributed by atoms with van der Waals surface area (Å²) in [7, 11) is 0. The minimum absolute atomic E-state index is 0.00804. The van der Waals surface area contributed by atoms with E-state index in [1.54, 1.807) is 0 Å². The van der Waals surface area contributed by atoms with Crippen LogP contribution in [0.2, 0.25) is 0 Å². The van der Waals surface area contributed by atoms with Crippen LogP contribution in [0.3, 0.4) is 0 Å². The normalized spacial score (nSPS) is 25.0. The maximum atomic E-state index is 12.8. The van der Waals surface area contributed by atoms with E-state index in [9.17, 15) is 9.90 Å². The number of thiol groups is 4. The first-order valence-electron chi connectivity index (χ1n) is 8.36. The fraction of sp³-hybridized carbons (Fsp3) is 0.529. The van der Waals surface area contributed by atoms with Gasteiger partial charge in [-0.15, -0.1) is 50.5 Å². The van der Waals surface area contributed by atoms with Crippen molar-refractivity contribution in [1.29, 1.82) is 0 Å². The van der Waals surface area contributed by atoms with Gasteiger partial charge in [0.15, 0.2) is 16.3 Å². The lowest BCUT2D eigenvalue weighted by Crippen LogP contribution is -2.29. The van der Waals surface area contributed by atoms with Crippen LogP contribution in [0.1, 0.15) is 39.5 Å². The summed E-state index contributed by atoms with van der Waals surface area (Å²) in [5.74, 6) is -0.449. The molecule has 0 radical (unpaired) electrons. The van der Waals surface area contributed by atoms with Crippen molar-refractivity contribution in [2.45, 2.75) is 45.0 Å². The van der Waals surface area contributed by atoms with Gasteiger partial charge >= 0.3 is 0 Å². The van der Waals surface area contributed by atoms with Crippen molar-refractivity contribution in [2.75, 3.05) is 6.61 Å². The zero-order valence-corrected chi connectivity index (χ0v) is 18.2. The molecule has 9 heteroatoms. The molecule has 0 spiro atoms. The maximum absolute atomic E-state index is 12.8. The number of carbonyl (C=O) groups excluding carboxylic acids is 1. The van der Waals surface area contributed by atoms with Crippen LogP contribution in [0.4, 0.5) is 0 Å². The predicted octanol–water partition coefficient (Wildman–Crippen LogP) is 4.47. The van der Waals surface area contributed by atoms with E-state index in [0.717, 1.165) is 12.0 Å². The van der Waals surface area contributed by atoms with Gasteiger partial charge < -0.3 is 14.7 Å². The third-order valence-corrected chi connectivity index (χ3v) is 6.12. The van der Waals surface area contributed by atoms with E-state index >= 15 is 0 Å². The van der Waals surface area contributed by atoms with E-state index in [4.69, 9.17) is 9.57 Å². The Morgan fingerprint density at radius 3 is 2.54 bits per heavy atom. The van der Waals surface area contributed by atoms with Gasteiger partial charge in [0.1, 0.15) is 12.4 Å². The van der Waals surface area contributed by atoms with Crippen molar-refractivity contribution in [2.24, 2.45) is 11.1 Å². The summed E-state index contributed by atoms with van der Waals surface area (Å²) < 4.78 is 5.54. The van der Waals surface area contributed by atoms with E-state index < -0.39 is 5.44 Å². The highest BCUT2D eigenvalue weighted by Gasteiger charge is 2.37. The van der Waals surface area contributed by atoms with Crippen LogP contribution in [0.15, 0.2) is 37.0 Å². The van der Waals surface area contributed by atoms with Gasteiger partial charge in [-0.1, -0.05) is 18.5 Å². The molecule has 2 atom stereocenters. The Bertz CT molecular complexity index is 712. The number of rotatable bonds is 6. The molecule has 0 amide bonds. The third-order valence-electron chi connectivity index (χ3n) is 4.15. The molecular formula is C17H23NO4S4. The smallest absolute Gasteiger partial charge is 0.168 e. The van der Waals surface area contributed by atoms with Crippen molar-refractivity contribution in [3.63, 3.8) is 0 Å². The van der Waals surface area contributed by atoms with Crippen LogP contribution >= 0.6 is 50.5 Å². The van der Waals surface area contributed by atoms with Crippen molar-refractivity contribution in [3.05, 3.63) is 31.8 Å². The summed E-state index contributed by atoms with van der Waals surface area (Å²) in [6.45, 7) is 4.19. The summed E-state index contributed by atoms with van der Waals surface area (Å²) in [6, 6.07) is 0. The second-order valence-electron chi connectivity index (χ2n) is 5.98. The van der Waals surface area contributed by atoms with Gasteiger partial charge in [0.05, 0.1) is 16.2 Å². The molecule has 144 valence electrons. The molecule has 0 fully saturated rings. The fourth-order valence-electron chi connectivity index (χ4n) is 3.01. The Labute approximate surface area is 175 Å². The number of ether oxygens (including phenoxy) is 1. The second kappa shape index (κ2) is 9.52. The number of oxime groups is 1. The van der Waals surface area contributed by atoms with Crippen molar-refractivity contribution in [1.82, 2.24) is 0 Å². The molecule has 0 saturated heterocycles. The number of hydrogen-bond acceptors (Lipinski definition) is 9. The molecule has 2 aliphatic rings. The van der Waals surface area contributed by atoms with E-state index in [1.807, 2.05) is 13.8 Å². The summed E-state index contributed by atoms with van der Waals surface area (Å²) in [4.78, 5) is 19.0. The average Bonchev–Trinajstić information content (AvgIpc) is 2.57. The largest absolute Gasteiger partial charge is 0.511 e. The van der Waals surface area contributed by atoms with E-state index in [-0.39, 0.29) is 35.9 Å². The number of nitrogens with zero attached hydrogens (tertiary/aromatic N) is 1. The molecular weight excluding hydrogens is 410 g/mol. The first-order valence-corrected chi connectivity index (χ1v) is 10.2. The van der Waals surface area contributed by atoms with Gasteiger partial charge in [-0.25, -0.2) is 0 Å². The van der Waals surface area contributed by atoms with Crippen LogP contribution in [-0.4, -0.2) is 28.6 Å². The molecule has 1 aliphatic carbocycles. The van der Waals surface area contributed by atoms with E-state index in [0.29, 0.717) is 33.6 Å². The SMILES string of the molecule is CCCC(=NOCC)C1=C(O)CC(C2=C(S)C(S)=C(S)OC2S)CC1=O. The molecule has 1 N–H and O–H groups in total. The van der Waals surface area contributed by atoms with Crippen LogP contribution in [0.25, 0.3) is 0 Å². The lowest BCUT2D eigenvalue weighted by molar-refractivity contribution is -0.116. The van der Waals surface area contributed by atoms with Crippen molar-refractivity contribution in [3.8, 4) is 0 Å². The molecule has 0 saturated carbocycles. The molecule has 2 unspecified atom stereocenters. The number of aliphatic hydroxyl groups is 1. The standard InChI is InChI=1S/C17H23NO4S4/c1-3-5-9(18-21-4-2)13-10(19)6-8(7-11(13)20)12-14(23)15(24)17(26)22-16(12)25/h8,16,19,23-26H,3-7H2,1-2H3. The van der Waals surface area contributed by atoms with Gasteiger partial charge in [-0.2, -0.15) is 0 Å². The number of allylic oxidation sites excluding steroid dienone is 2. The monoisotopic (exact) mass is 433 g/mol. The Morgan fingerprint density at radius 2 is 1.96 bits per heavy atom. The Kier molecular flexibility index (Phi) is 7.93. The molecule has 2 rings (SSSR count). The number of Topliss-reactive ketones (excluding diaryl/α,β-unsaturated/α-hetero) is 1. The van der Waals surface area contributed by atoms with Gasteiger partial charge in [0.2, 0.25) is 0 Å². The van der Waals surface area contributed by atoms with Crippen LogP contribution in [-0.2, 0) is 14.4 Å². The second-order valence-corrected chi connectivity index (χ2v) is 7.75. The van der Waals surface area contributed by atoms with Gasteiger partial charge in [0.25, 0.3) is 0 Å². The van der Waals surface area contributed by atoms with Gasteiger partial charge in [0, 0.05) is 17.7 Å². The summed E-state index contributed by atoms with van der Waals surface area (Å²) in [5.41, 5.74) is 0.884. The molecule has 1 aliphatic heterocycles. The third kappa shape index (κ3) is 4.61. The highest BCUT2D eigenvalue weighted by molar-refractivity contribution is 7.92. The summed E-state index contributed by atoms with van der Waals surface area (Å²) in [6.07, 6.45) is 1.83. The maximum Gasteiger partial charge on any atom is 0.168 e. The lowest BCUT2D eigenvalue weighted by Gasteiger charge is -2.32. The molecule has 26 heavy (non-hydrogen) atoms. The number of hydrogen-bond donors (Lipinski definition) is 5. The highest BCUT2D eigenvalue weighted by atomic mass is 32.1. The lowest BCUT2D eigenvalue weighted by atomic mass is 9.80. The van der Waals surface area contributed by atoms with E-state index in [2.05, 4.69) is 55.7 Å². The van der Waals surface area contributed by atoms with E-state index in [1.165, 1.54) is 0 Å². The zero-order chi connectivity index (χ0) is 19.4. The molecule has 0 aromatic heterocycles. The van der Waals surface area contributed by atoms with Crippen molar-refractivity contribution >= 4 is 62.0 Å². The zero-order valence-electron chi connectivity index (χ0n) is 14.6. The molecule has 1 heterocycles.